The van der Waals surface area contributed by atoms with Gasteiger partial charge in [-0.3, -0.25) is 10.1 Å². The Morgan fingerprint density at radius 2 is 2.10 bits per heavy atom. The fourth-order valence-electron chi connectivity index (χ4n) is 2.20. The second-order valence-corrected chi connectivity index (χ2v) is 6.10. The lowest BCUT2D eigenvalue weighted by Gasteiger charge is -2.21. The van der Waals surface area contributed by atoms with Crippen LogP contribution in [0.4, 0.5) is 10.1 Å². The van der Waals surface area contributed by atoms with E-state index in [-0.39, 0.29) is 12.6 Å². The van der Waals surface area contributed by atoms with E-state index in [1.54, 1.807) is 17.4 Å². The topological polar surface area (TPSA) is 55.2 Å². The second-order valence-electron chi connectivity index (χ2n) is 5.13. The zero-order valence-electron chi connectivity index (χ0n) is 11.9. The molecule has 2 aromatic rings. The molecule has 6 heteroatoms. The van der Waals surface area contributed by atoms with Crippen molar-refractivity contribution in [3.63, 3.8) is 0 Å². The maximum atomic E-state index is 14.0. The van der Waals surface area contributed by atoms with Crippen LogP contribution in [0, 0.1) is 21.8 Å². The monoisotopic (exact) mass is 308 g/mol. The molecule has 21 heavy (non-hydrogen) atoms. The summed E-state index contributed by atoms with van der Waals surface area (Å²) in [6.45, 7) is 4.43. The highest BCUT2D eigenvalue weighted by Gasteiger charge is 2.20. The Bertz CT molecular complexity index is 614. The van der Waals surface area contributed by atoms with E-state index in [1.807, 2.05) is 17.5 Å². The van der Waals surface area contributed by atoms with Gasteiger partial charge < -0.3 is 5.32 Å². The Balaban J connectivity index is 2.15. The molecule has 0 radical (unpaired) electrons. The molecule has 0 fully saturated rings. The van der Waals surface area contributed by atoms with Gasteiger partial charge in [0, 0.05) is 29.1 Å². The van der Waals surface area contributed by atoms with Gasteiger partial charge in [-0.2, -0.15) is 4.39 Å². The first-order chi connectivity index (χ1) is 10.0. The van der Waals surface area contributed by atoms with Gasteiger partial charge in [-0.05, 0) is 17.4 Å². The lowest BCUT2D eigenvalue weighted by atomic mass is 10.0. The van der Waals surface area contributed by atoms with Gasteiger partial charge in [0.05, 0.1) is 4.92 Å². The summed E-state index contributed by atoms with van der Waals surface area (Å²) in [5.41, 5.74) is -0.169. The van der Waals surface area contributed by atoms with Crippen LogP contribution in [-0.4, -0.2) is 4.92 Å². The molecule has 1 heterocycles. The number of hydrogen-bond acceptors (Lipinski definition) is 4. The number of halogens is 1. The minimum absolute atomic E-state index is 0.101. The molecule has 1 unspecified atom stereocenters. The van der Waals surface area contributed by atoms with E-state index in [2.05, 4.69) is 19.2 Å². The summed E-state index contributed by atoms with van der Waals surface area (Å²) in [6, 6.07) is 8.37. The molecule has 2 rings (SSSR count). The van der Waals surface area contributed by atoms with Gasteiger partial charge >= 0.3 is 5.69 Å². The predicted molar refractivity (Wildman–Crippen MR) is 81.8 cm³/mol. The van der Waals surface area contributed by atoms with E-state index in [4.69, 9.17) is 0 Å². The van der Waals surface area contributed by atoms with Gasteiger partial charge in [0.2, 0.25) is 5.82 Å². The number of nitrogens with zero attached hydrogens (tertiary/aromatic N) is 1. The molecular weight excluding hydrogens is 291 g/mol. The number of rotatable bonds is 6. The van der Waals surface area contributed by atoms with Crippen molar-refractivity contribution >= 4 is 17.0 Å². The molecule has 1 atom stereocenters. The second kappa shape index (κ2) is 6.78. The van der Waals surface area contributed by atoms with Gasteiger partial charge in [0.1, 0.15) is 0 Å². The van der Waals surface area contributed by atoms with Crippen LogP contribution in [-0.2, 0) is 6.54 Å². The predicted octanol–water partition coefficient (Wildman–Crippen LogP) is 4.28. The van der Waals surface area contributed by atoms with Crippen molar-refractivity contribution in [2.24, 2.45) is 5.92 Å². The van der Waals surface area contributed by atoms with Crippen LogP contribution in [0.3, 0.4) is 0 Å². The quantitative estimate of drug-likeness (QED) is 0.640. The highest BCUT2D eigenvalue weighted by Crippen LogP contribution is 2.27. The summed E-state index contributed by atoms with van der Waals surface area (Å²) in [5.74, 6) is -0.422. The number of nitrogens with one attached hydrogen (secondary N) is 1. The Labute approximate surface area is 126 Å². The van der Waals surface area contributed by atoms with Gasteiger partial charge in [0.25, 0.3) is 0 Å². The molecule has 0 bridgehead atoms. The van der Waals surface area contributed by atoms with Crippen molar-refractivity contribution in [1.82, 2.24) is 5.32 Å². The van der Waals surface area contributed by atoms with Gasteiger partial charge in [0.15, 0.2) is 0 Å². The van der Waals surface area contributed by atoms with Gasteiger partial charge in [-0.15, -0.1) is 11.3 Å². The van der Waals surface area contributed by atoms with Crippen LogP contribution in [0.5, 0.6) is 0 Å². The van der Waals surface area contributed by atoms with Crippen molar-refractivity contribution in [2.75, 3.05) is 0 Å². The Kier molecular flexibility index (Phi) is 5.03. The highest BCUT2D eigenvalue weighted by molar-refractivity contribution is 7.10. The molecule has 0 aliphatic rings. The molecule has 0 aliphatic heterocycles. The first-order valence-corrected chi connectivity index (χ1v) is 7.57. The molecule has 0 aliphatic carbocycles. The Hall–Kier alpha value is -1.79. The molecule has 1 aromatic heterocycles. The summed E-state index contributed by atoms with van der Waals surface area (Å²) in [7, 11) is 0. The van der Waals surface area contributed by atoms with E-state index in [0.29, 0.717) is 11.5 Å². The minimum atomic E-state index is -0.760. The van der Waals surface area contributed by atoms with Crippen LogP contribution in [0.25, 0.3) is 0 Å². The number of nitro benzene ring substituents is 1. The fourth-order valence-corrected chi connectivity index (χ4v) is 3.17. The van der Waals surface area contributed by atoms with Gasteiger partial charge in [-0.25, -0.2) is 0 Å². The average Bonchev–Trinajstić information content (AvgIpc) is 2.94. The number of nitro groups is 1. The Morgan fingerprint density at radius 1 is 1.33 bits per heavy atom. The Morgan fingerprint density at radius 3 is 2.67 bits per heavy atom. The maximum Gasteiger partial charge on any atom is 0.305 e. The molecule has 0 amide bonds. The van der Waals surface area contributed by atoms with Crippen molar-refractivity contribution in [3.05, 3.63) is 62.1 Å². The lowest BCUT2D eigenvalue weighted by Crippen LogP contribution is -2.25. The molecule has 112 valence electrons. The summed E-state index contributed by atoms with van der Waals surface area (Å²) in [5, 5.41) is 16.0. The highest BCUT2D eigenvalue weighted by atomic mass is 32.1. The van der Waals surface area contributed by atoms with E-state index in [9.17, 15) is 14.5 Å². The third-order valence-corrected chi connectivity index (χ3v) is 4.24. The maximum absolute atomic E-state index is 14.0. The largest absolute Gasteiger partial charge is 0.305 e. The van der Waals surface area contributed by atoms with E-state index in [0.717, 1.165) is 0 Å². The third kappa shape index (κ3) is 3.65. The van der Waals surface area contributed by atoms with Gasteiger partial charge in [-0.1, -0.05) is 32.0 Å². The fraction of sp³-hybridized carbons (Fsp3) is 0.333. The summed E-state index contributed by atoms with van der Waals surface area (Å²) >= 11 is 1.64. The normalized spacial score (nSPS) is 12.6. The van der Waals surface area contributed by atoms with Crippen LogP contribution in [0.1, 0.15) is 30.3 Å². The van der Waals surface area contributed by atoms with Crippen molar-refractivity contribution in [3.8, 4) is 0 Å². The van der Waals surface area contributed by atoms with Crippen LogP contribution in [0.15, 0.2) is 35.7 Å². The standard InChI is InChI=1S/C15H17FN2O2S/c1-10(2)15(13-7-4-8-21-13)17-9-11-5-3-6-12(14(11)16)18(19)20/h3-8,10,15,17H,9H2,1-2H3. The zero-order chi connectivity index (χ0) is 15.4. The van der Waals surface area contributed by atoms with Crippen molar-refractivity contribution in [2.45, 2.75) is 26.4 Å². The third-order valence-electron chi connectivity index (χ3n) is 3.28. The smallest absolute Gasteiger partial charge is 0.305 e. The lowest BCUT2D eigenvalue weighted by molar-refractivity contribution is -0.387. The van der Waals surface area contributed by atoms with Crippen LogP contribution >= 0.6 is 11.3 Å². The molecular formula is C15H17FN2O2S. The molecule has 1 N–H and O–H groups in total. The van der Waals surface area contributed by atoms with E-state index < -0.39 is 16.4 Å². The minimum Gasteiger partial charge on any atom is -0.305 e. The molecule has 1 aromatic carbocycles. The average molecular weight is 308 g/mol. The van der Waals surface area contributed by atoms with Crippen molar-refractivity contribution < 1.29 is 9.31 Å². The summed E-state index contributed by atoms with van der Waals surface area (Å²) in [4.78, 5) is 11.2. The van der Waals surface area contributed by atoms with Crippen LogP contribution < -0.4 is 5.32 Å². The molecule has 0 saturated heterocycles. The SMILES string of the molecule is CC(C)C(NCc1cccc([N+](=O)[O-])c1F)c1cccs1. The first kappa shape index (κ1) is 15.6. The van der Waals surface area contributed by atoms with Crippen molar-refractivity contribution in [1.29, 1.82) is 0 Å². The number of thiophene rings is 1. The zero-order valence-corrected chi connectivity index (χ0v) is 12.7. The number of hydrogen-bond donors (Lipinski definition) is 1. The molecule has 4 nitrogen and oxygen atoms in total. The molecule has 0 spiro atoms. The summed E-state index contributed by atoms with van der Waals surface area (Å²) < 4.78 is 14.0. The summed E-state index contributed by atoms with van der Waals surface area (Å²) in [6.07, 6.45) is 0. The van der Waals surface area contributed by atoms with E-state index in [1.165, 1.54) is 17.0 Å². The number of benzene rings is 1. The van der Waals surface area contributed by atoms with E-state index >= 15 is 0 Å². The van der Waals surface area contributed by atoms with Crippen LogP contribution in [0.2, 0.25) is 0 Å². The molecule has 0 saturated carbocycles. The first-order valence-electron chi connectivity index (χ1n) is 6.69.